The van der Waals surface area contributed by atoms with E-state index in [-0.39, 0.29) is 23.3 Å². The highest BCUT2D eigenvalue weighted by Gasteiger charge is 2.32. The number of methoxy groups -OCH3 is 1. The van der Waals surface area contributed by atoms with Crippen LogP contribution in [0.25, 0.3) is 0 Å². The van der Waals surface area contributed by atoms with Crippen LogP contribution in [0.3, 0.4) is 0 Å². The first-order chi connectivity index (χ1) is 14.0. The van der Waals surface area contributed by atoms with Crippen molar-refractivity contribution in [2.45, 2.75) is 18.8 Å². The molecular formula is C21H27N5O3. The van der Waals surface area contributed by atoms with E-state index in [0.717, 1.165) is 24.5 Å². The normalized spacial score (nSPS) is 22.0. The van der Waals surface area contributed by atoms with Crippen LogP contribution in [0.2, 0.25) is 0 Å². The monoisotopic (exact) mass is 397 g/mol. The molecule has 0 bridgehead atoms. The molecule has 0 spiro atoms. The van der Waals surface area contributed by atoms with Crippen LogP contribution in [0.5, 0.6) is 5.75 Å². The third-order valence-corrected chi connectivity index (χ3v) is 5.89. The first-order valence-electron chi connectivity index (χ1n) is 10.0. The summed E-state index contributed by atoms with van der Waals surface area (Å²) < 4.78 is 5.37. The van der Waals surface area contributed by atoms with Crippen molar-refractivity contribution < 1.29 is 9.53 Å². The van der Waals surface area contributed by atoms with Crippen LogP contribution in [0.4, 0.5) is 5.95 Å². The number of carbonyl (C=O) groups excluding carboxylic acids is 1. The molecular weight excluding hydrogens is 370 g/mol. The van der Waals surface area contributed by atoms with Gasteiger partial charge in [0.2, 0.25) is 11.9 Å². The average molecular weight is 397 g/mol. The van der Waals surface area contributed by atoms with Crippen molar-refractivity contribution in [1.29, 1.82) is 0 Å². The Kier molecular flexibility index (Phi) is 5.53. The molecule has 154 valence electrons. The Morgan fingerprint density at radius 1 is 1.14 bits per heavy atom. The summed E-state index contributed by atoms with van der Waals surface area (Å²) in [6.07, 6.45) is 0. The number of rotatable bonds is 4. The predicted octanol–water partition coefficient (Wildman–Crippen LogP) is 0.918. The van der Waals surface area contributed by atoms with Gasteiger partial charge in [0.05, 0.1) is 12.8 Å². The van der Waals surface area contributed by atoms with Gasteiger partial charge in [-0.1, -0.05) is 12.1 Å². The molecule has 1 amide bonds. The van der Waals surface area contributed by atoms with E-state index in [1.165, 1.54) is 5.56 Å². The van der Waals surface area contributed by atoms with Gasteiger partial charge in [-0.25, -0.2) is 4.98 Å². The molecule has 1 aromatic heterocycles. The maximum atomic E-state index is 12.4. The van der Waals surface area contributed by atoms with Gasteiger partial charge in [-0.3, -0.25) is 14.6 Å². The minimum atomic E-state index is -0.143. The van der Waals surface area contributed by atoms with E-state index in [0.29, 0.717) is 32.1 Å². The minimum absolute atomic E-state index is 0.0815. The lowest BCUT2D eigenvalue weighted by Gasteiger charge is -2.34. The van der Waals surface area contributed by atoms with Crippen LogP contribution in [-0.4, -0.2) is 67.2 Å². The molecule has 2 saturated heterocycles. The second-order valence-electron chi connectivity index (χ2n) is 7.63. The maximum Gasteiger partial charge on any atom is 0.252 e. The Labute approximate surface area is 169 Å². The van der Waals surface area contributed by atoms with E-state index in [2.05, 4.69) is 22.4 Å². The van der Waals surface area contributed by atoms with Crippen LogP contribution >= 0.6 is 0 Å². The van der Waals surface area contributed by atoms with Gasteiger partial charge in [0.15, 0.2) is 0 Å². The molecule has 2 N–H and O–H groups in total. The van der Waals surface area contributed by atoms with E-state index < -0.39 is 0 Å². The number of amides is 1. The SMILES string of the molecule is COc1cccc([C@@H]2CNC[C@H]2c2cc(=O)[nH]c(N3CCN(C(C)=O)CC3)n2)c1. The molecule has 3 heterocycles. The molecule has 2 aliphatic rings. The van der Waals surface area contributed by atoms with Crippen LogP contribution in [-0.2, 0) is 4.79 Å². The zero-order valence-electron chi connectivity index (χ0n) is 16.9. The Morgan fingerprint density at radius 3 is 2.62 bits per heavy atom. The Morgan fingerprint density at radius 2 is 1.90 bits per heavy atom. The van der Waals surface area contributed by atoms with Crippen molar-refractivity contribution in [2.24, 2.45) is 0 Å². The smallest absolute Gasteiger partial charge is 0.252 e. The molecule has 8 nitrogen and oxygen atoms in total. The van der Waals surface area contributed by atoms with Gasteiger partial charge in [-0.15, -0.1) is 0 Å². The highest BCUT2D eigenvalue weighted by molar-refractivity contribution is 5.73. The number of benzene rings is 1. The molecule has 1 aromatic carbocycles. The Balaban J connectivity index is 1.58. The zero-order valence-corrected chi connectivity index (χ0v) is 16.9. The largest absolute Gasteiger partial charge is 0.497 e. The second kappa shape index (κ2) is 8.24. The number of piperazine rings is 1. The summed E-state index contributed by atoms with van der Waals surface area (Å²) in [5.41, 5.74) is 1.84. The summed E-state index contributed by atoms with van der Waals surface area (Å²) in [4.78, 5) is 35.5. The maximum absolute atomic E-state index is 12.4. The fraction of sp³-hybridized carbons (Fsp3) is 0.476. The van der Waals surface area contributed by atoms with Crippen LogP contribution in [0.15, 0.2) is 35.1 Å². The summed E-state index contributed by atoms with van der Waals surface area (Å²) in [7, 11) is 1.67. The van der Waals surface area contributed by atoms with E-state index in [4.69, 9.17) is 9.72 Å². The molecule has 4 rings (SSSR count). The van der Waals surface area contributed by atoms with E-state index in [1.54, 1.807) is 20.1 Å². The predicted molar refractivity (Wildman–Crippen MR) is 111 cm³/mol. The molecule has 2 atom stereocenters. The first-order valence-corrected chi connectivity index (χ1v) is 10.0. The van der Waals surface area contributed by atoms with Crippen LogP contribution in [0.1, 0.15) is 30.0 Å². The quantitative estimate of drug-likeness (QED) is 0.797. The van der Waals surface area contributed by atoms with E-state index in [9.17, 15) is 9.59 Å². The topological polar surface area (TPSA) is 90.6 Å². The summed E-state index contributed by atoms with van der Waals surface area (Å²) in [6.45, 7) is 5.79. The highest BCUT2D eigenvalue weighted by Crippen LogP contribution is 2.36. The lowest BCUT2D eigenvalue weighted by molar-refractivity contribution is -0.129. The number of carbonyl (C=O) groups is 1. The van der Waals surface area contributed by atoms with Gasteiger partial charge in [0.1, 0.15) is 5.75 Å². The van der Waals surface area contributed by atoms with E-state index >= 15 is 0 Å². The standard InChI is InChI=1S/C21H27N5O3/c1-14(27)25-6-8-26(9-7-25)21-23-19(11-20(28)24-21)18-13-22-12-17(18)15-4-3-5-16(10-15)29-2/h3-5,10-11,17-18,22H,6-9,12-13H2,1-2H3,(H,23,24,28)/t17-,18+/m0/s1. The number of aromatic nitrogens is 2. The van der Waals surface area contributed by atoms with Gasteiger partial charge in [-0.2, -0.15) is 0 Å². The molecule has 29 heavy (non-hydrogen) atoms. The lowest BCUT2D eigenvalue weighted by atomic mass is 9.86. The number of ether oxygens (including phenoxy) is 1. The summed E-state index contributed by atoms with van der Waals surface area (Å²) >= 11 is 0. The number of H-pyrrole nitrogens is 1. The third-order valence-electron chi connectivity index (χ3n) is 5.89. The van der Waals surface area contributed by atoms with Crippen molar-refractivity contribution in [2.75, 3.05) is 51.3 Å². The molecule has 0 saturated carbocycles. The number of aromatic amines is 1. The molecule has 2 aliphatic heterocycles. The molecule has 8 heteroatoms. The van der Waals surface area contributed by atoms with Crippen LogP contribution < -0.4 is 20.5 Å². The van der Waals surface area contributed by atoms with Gasteiger partial charge >= 0.3 is 0 Å². The number of anilines is 1. The molecule has 2 aromatic rings. The van der Waals surface area contributed by atoms with Gasteiger partial charge in [0.25, 0.3) is 5.56 Å². The average Bonchev–Trinajstić information content (AvgIpc) is 3.23. The van der Waals surface area contributed by atoms with Crippen molar-refractivity contribution in [3.63, 3.8) is 0 Å². The molecule has 0 radical (unpaired) electrons. The Bertz CT molecular complexity index is 936. The third kappa shape index (κ3) is 4.12. The van der Waals surface area contributed by atoms with E-state index in [1.807, 2.05) is 21.9 Å². The first kappa shape index (κ1) is 19.4. The van der Waals surface area contributed by atoms with Gasteiger partial charge < -0.3 is 19.9 Å². The number of nitrogens with one attached hydrogen (secondary N) is 2. The highest BCUT2D eigenvalue weighted by atomic mass is 16.5. The Hall–Kier alpha value is -2.87. The number of hydrogen-bond acceptors (Lipinski definition) is 6. The second-order valence-corrected chi connectivity index (χ2v) is 7.63. The fourth-order valence-corrected chi connectivity index (χ4v) is 4.25. The molecule has 0 aliphatic carbocycles. The molecule has 0 unspecified atom stereocenters. The summed E-state index contributed by atoms with van der Waals surface area (Å²) in [5.74, 6) is 1.84. The number of nitrogens with zero attached hydrogens (tertiary/aromatic N) is 3. The summed E-state index contributed by atoms with van der Waals surface area (Å²) in [5, 5.41) is 3.44. The number of hydrogen-bond donors (Lipinski definition) is 2. The summed E-state index contributed by atoms with van der Waals surface area (Å²) in [6, 6.07) is 9.70. The van der Waals surface area contributed by atoms with Gasteiger partial charge in [-0.05, 0) is 17.7 Å². The zero-order chi connectivity index (χ0) is 20.4. The minimum Gasteiger partial charge on any atom is -0.497 e. The molecule has 2 fully saturated rings. The van der Waals surface area contributed by atoms with Crippen LogP contribution in [0, 0.1) is 0 Å². The van der Waals surface area contributed by atoms with Crippen molar-refractivity contribution >= 4 is 11.9 Å². The fourth-order valence-electron chi connectivity index (χ4n) is 4.25. The van der Waals surface area contributed by atoms with Crippen molar-refractivity contribution in [3.05, 3.63) is 51.9 Å². The van der Waals surface area contributed by atoms with Crippen molar-refractivity contribution in [1.82, 2.24) is 20.2 Å². The van der Waals surface area contributed by atoms with Crippen molar-refractivity contribution in [3.8, 4) is 5.75 Å². The lowest BCUT2D eigenvalue weighted by Crippen LogP contribution is -2.49. The van der Waals surface area contributed by atoms with Gasteiger partial charge in [0, 0.05) is 64.1 Å².